The summed E-state index contributed by atoms with van der Waals surface area (Å²) in [5, 5.41) is 8.14. The minimum absolute atomic E-state index is 0.00908. The Balaban J connectivity index is 1.38. The fourth-order valence-electron chi connectivity index (χ4n) is 3.58. The van der Waals surface area contributed by atoms with Crippen LogP contribution in [0, 0.1) is 0 Å². The van der Waals surface area contributed by atoms with Crippen molar-refractivity contribution in [3.05, 3.63) is 71.2 Å². The molecule has 0 spiro atoms. The van der Waals surface area contributed by atoms with Crippen LogP contribution in [0.4, 0.5) is 5.82 Å². The van der Waals surface area contributed by atoms with Crippen molar-refractivity contribution >= 4 is 29.2 Å². The normalized spacial score (nSPS) is 13.2. The van der Waals surface area contributed by atoms with Gasteiger partial charge in [-0.2, -0.15) is 5.10 Å². The molecule has 0 bridgehead atoms. The van der Waals surface area contributed by atoms with E-state index in [9.17, 15) is 9.59 Å². The maximum Gasteiger partial charge on any atom is 0.240 e. The van der Waals surface area contributed by atoms with Gasteiger partial charge in [0, 0.05) is 29.6 Å². The van der Waals surface area contributed by atoms with Crippen molar-refractivity contribution in [2.24, 2.45) is 0 Å². The number of nitrogens with one attached hydrogen (secondary N) is 1. The first kappa shape index (κ1) is 20.2. The smallest absolute Gasteiger partial charge is 0.240 e. The molecule has 2 heterocycles. The van der Waals surface area contributed by atoms with Crippen LogP contribution in [0.3, 0.4) is 0 Å². The monoisotopic (exact) mass is 422 g/mol. The first-order chi connectivity index (χ1) is 14.6. The zero-order valence-electron chi connectivity index (χ0n) is 16.6. The maximum atomic E-state index is 12.5. The Morgan fingerprint density at radius 3 is 2.73 bits per heavy atom. The summed E-state index contributed by atoms with van der Waals surface area (Å²) >= 11 is 6.09. The molecule has 4 rings (SSSR count). The van der Waals surface area contributed by atoms with E-state index in [4.69, 9.17) is 11.6 Å². The van der Waals surface area contributed by atoms with Crippen LogP contribution in [-0.4, -0.2) is 34.7 Å². The molecule has 3 aromatic rings. The molecule has 1 aliphatic rings. The number of benzene rings is 2. The average Bonchev–Trinajstić information content (AvgIpc) is 3.19. The lowest BCUT2D eigenvalue weighted by molar-refractivity contribution is -0.124. The molecule has 0 radical (unpaired) electrons. The lowest BCUT2D eigenvalue weighted by atomic mass is 10.1. The summed E-state index contributed by atoms with van der Waals surface area (Å²) < 4.78 is 1.78. The van der Waals surface area contributed by atoms with Crippen LogP contribution in [-0.2, 0) is 22.6 Å². The first-order valence-corrected chi connectivity index (χ1v) is 10.4. The minimum Gasteiger partial charge on any atom is -0.355 e. The number of halogens is 1. The zero-order chi connectivity index (χ0) is 20.9. The average molecular weight is 423 g/mol. The second kappa shape index (κ2) is 9.13. The number of anilines is 1. The van der Waals surface area contributed by atoms with Gasteiger partial charge in [-0.05, 0) is 30.5 Å². The highest BCUT2D eigenvalue weighted by Gasteiger charge is 2.28. The van der Waals surface area contributed by atoms with Crippen molar-refractivity contribution < 1.29 is 9.59 Å². The van der Waals surface area contributed by atoms with Gasteiger partial charge in [0.15, 0.2) is 0 Å². The van der Waals surface area contributed by atoms with E-state index in [-0.39, 0.29) is 18.4 Å². The van der Waals surface area contributed by atoms with Gasteiger partial charge in [-0.3, -0.25) is 14.5 Å². The van der Waals surface area contributed by atoms with Crippen molar-refractivity contribution in [3.63, 3.8) is 0 Å². The maximum absolute atomic E-state index is 12.5. The molecule has 2 aromatic carbocycles. The third-order valence-corrected chi connectivity index (χ3v) is 5.34. The van der Waals surface area contributed by atoms with Crippen molar-refractivity contribution in [1.29, 1.82) is 0 Å². The minimum atomic E-state index is -0.171. The number of carbonyl (C=O) groups is 2. The third-order valence-electron chi connectivity index (χ3n) is 5.10. The van der Waals surface area contributed by atoms with E-state index in [0.717, 1.165) is 24.1 Å². The van der Waals surface area contributed by atoms with Crippen LogP contribution in [0.1, 0.15) is 18.4 Å². The van der Waals surface area contributed by atoms with Crippen molar-refractivity contribution in [2.75, 3.05) is 18.0 Å². The molecule has 0 saturated heterocycles. The number of rotatable bonds is 7. The molecule has 154 valence electrons. The van der Waals surface area contributed by atoms with Crippen LogP contribution >= 0.6 is 11.6 Å². The predicted octanol–water partition coefficient (Wildman–Crippen LogP) is 3.69. The molecule has 30 heavy (non-hydrogen) atoms. The number of hydrogen-bond donors (Lipinski definition) is 1. The summed E-state index contributed by atoms with van der Waals surface area (Å²) in [6.07, 6.45) is 2.07. The molecular formula is C23H23ClN4O2. The van der Waals surface area contributed by atoms with Gasteiger partial charge in [0.05, 0.1) is 12.2 Å². The molecule has 0 saturated carbocycles. The van der Waals surface area contributed by atoms with Gasteiger partial charge < -0.3 is 5.32 Å². The van der Waals surface area contributed by atoms with Gasteiger partial charge >= 0.3 is 0 Å². The zero-order valence-corrected chi connectivity index (χ0v) is 17.3. The number of carbonyl (C=O) groups excluding carboxylic acids is 2. The third kappa shape index (κ3) is 4.71. The summed E-state index contributed by atoms with van der Waals surface area (Å²) in [7, 11) is 0. The lowest BCUT2D eigenvalue weighted by Gasteiger charge is -2.26. The quantitative estimate of drug-likeness (QED) is 0.590. The summed E-state index contributed by atoms with van der Waals surface area (Å²) in [5.41, 5.74) is 2.85. The van der Waals surface area contributed by atoms with Gasteiger partial charge in [0.25, 0.3) is 0 Å². The van der Waals surface area contributed by atoms with Gasteiger partial charge in [0.1, 0.15) is 12.4 Å². The Morgan fingerprint density at radius 1 is 1.10 bits per heavy atom. The topological polar surface area (TPSA) is 67.2 Å². The molecule has 0 aliphatic carbocycles. The fraction of sp³-hybridized carbons (Fsp3) is 0.261. The molecular weight excluding hydrogens is 400 g/mol. The lowest BCUT2D eigenvalue weighted by Crippen LogP contribution is -2.44. The number of hydrogen-bond acceptors (Lipinski definition) is 3. The van der Waals surface area contributed by atoms with Gasteiger partial charge in [0.2, 0.25) is 11.8 Å². The Labute approximate surface area is 180 Å². The number of nitrogens with zero attached hydrogens (tertiary/aromatic N) is 3. The van der Waals surface area contributed by atoms with Crippen LogP contribution in [0.15, 0.2) is 60.7 Å². The summed E-state index contributed by atoms with van der Waals surface area (Å²) in [6, 6.07) is 19.4. The molecule has 0 fully saturated rings. The molecule has 1 N–H and O–H groups in total. The second-order valence-corrected chi connectivity index (χ2v) is 7.73. The number of aromatic nitrogens is 2. The highest BCUT2D eigenvalue weighted by molar-refractivity contribution is 6.30. The molecule has 0 atom stereocenters. The summed E-state index contributed by atoms with van der Waals surface area (Å²) in [6.45, 7) is 1.07. The van der Waals surface area contributed by atoms with Crippen molar-refractivity contribution in [2.45, 2.75) is 25.8 Å². The van der Waals surface area contributed by atoms with Crippen molar-refractivity contribution in [1.82, 2.24) is 15.1 Å². The van der Waals surface area contributed by atoms with E-state index in [1.165, 1.54) is 10.5 Å². The molecule has 1 aliphatic heterocycles. The van der Waals surface area contributed by atoms with E-state index in [2.05, 4.69) is 22.5 Å². The SMILES string of the molecule is O=C(CN1C(=O)CCn2nc(-c3cccc(Cl)c3)cc21)NCCCc1ccccc1. The Morgan fingerprint density at radius 2 is 1.93 bits per heavy atom. The Bertz CT molecular complexity index is 1050. The van der Waals surface area contributed by atoms with E-state index in [1.807, 2.05) is 42.5 Å². The molecule has 6 nitrogen and oxygen atoms in total. The van der Waals surface area contributed by atoms with E-state index < -0.39 is 0 Å². The fourth-order valence-corrected chi connectivity index (χ4v) is 3.77. The Kier molecular flexibility index (Phi) is 6.14. The van der Waals surface area contributed by atoms with Crippen molar-refractivity contribution in [3.8, 4) is 11.3 Å². The van der Waals surface area contributed by atoms with Gasteiger partial charge in [-0.25, -0.2) is 4.68 Å². The first-order valence-electron chi connectivity index (χ1n) is 10.0. The van der Waals surface area contributed by atoms with E-state index in [0.29, 0.717) is 30.4 Å². The van der Waals surface area contributed by atoms with Crippen LogP contribution < -0.4 is 10.2 Å². The molecule has 0 unspecified atom stereocenters. The molecule has 2 amide bonds. The highest BCUT2D eigenvalue weighted by Crippen LogP contribution is 2.29. The Hall–Kier alpha value is -3.12. The van der Waals surface area contributed by atoms with Crippen LogP contribution in [0.2, 0.25) is 5.02 Å². The summed E-state index contributed by atoms with van der Waals surface area (Å²) in [4.78, 5) is 26.4. The predicted molar refractivity (Wildman–Crippen MR) is 117 cm³/mol. The van der Waals surface area contributed by atoms with E-state index >= 15 is 0 Å². The van der Waals surface area contributed by atoms with Crippen LogP contribution in [0.25, 0.3) is 11.3 Å². The number of amides is 2. The van der Waals surface area contributed by atoms with Gasteiger partial charge in [-0.15, -0.1) is 0 Å². The van der Waals surface area contributed by atoms with Gasteiger partial charge in [-0.1, -0.05) is 54.1 Å². The largest absolute Gasteiger partial charge is 0.355 e. The number of aryl methyl sites for hydroxylation is 2. The standard InChI is InChI=1S/C23H23ClN4O2/c24-19-10-4-9-18(14-19)20-15-22-27(23(30)11-13-28(22)26-20)16-21(29)25-12-5-8-17-6-2-1-3-7-17/h1-4,6-7,9-10,14-15H,5,8,11-13,16H2,(H,25,29). The van der Waals surface area contributed by atoms with Crippen LogP contribution in [0.5, 0.6) is 0 Å². The molecule has 7 heteroatoms. The molecule has 1 aromatic heterocycles. The second-order valence-electron chi connectivity index (χ2n) is 7.29. The van der Waals surface area contributed by atoms with E-state index in [1.54, 1.807) is 10.7 Å². The highest BCUT2D eigenvalue weighted by atomic mass is 35.5. The summed E-state index contributed by atoms with van der Waals surface area (Å²) in [5.74, 6) is 0.399. The number of fused-ring (bicyclic) bond motifs is 1.